The lowest BCUT2D eigenvalue weighted by molar-refractivity contribution is -0.124. The van der Waals surface area contributed by atoms with Gasteiger partial charge >= 0.3 is 0 Å². The minimum Gasteiger partial charge on any atom is -0.369 e. The van der Waals surface area contributed by atoms with E-state index >= 15 is 0 Å². The lowest BCUT2D eigenvalue weighted by atomic mass is 9.85. The largest absolute Gasteiger partial charge is 0.369 e. The third kappa shape index (κ3) is 4.88. The average Bonchev–Trinajstić information content (AvgIpc) is 3.43. The molecule has 0 aromatic carbocycles. The van der Waals surface area contributed by atoms with Crippen molar-refractivity contribution in [3.05, 3.63) is 22.2 Å². The molecule has 1 unspecified atom stereocenters. The van der Waals surface area contributed by atoms with Crippen LogP contribution in [-0.2, 0) is 16.0 Å². The highest BCUT2D eigenvalue weighted by Gasteiger charge is 2.33. The summed E-state index contributed by atoms with van der Waals surface area (Å²) in [4.78, 5) is 47.1. The maximum Gasteiger partial charge on any atom is 0.244 e. The summed E-state index contributed by atoms with van der Waals surface area (Å²) in [6.07, 6.45) is 3.72. The zero-order valence-corrected chi connectivity index (χ0v) is 20.9. The molecule has 4 rings (SSSR count). The van der Waals surface area contributed by atoms with Crippen LogP contribution in [0.4, 0.5) is 5.13 Å². The molecule has 2 aromatic rings. The highest BCUT2D eigenvalue weighted by atomic mass is 32.1. The van der Waals surface area contributed by atoms with Crippen LogP contribution in [0.15, 0.2) is 5.38 Å². The Morgan fingerprint density at radius 1 is 1.26 bits per heavy atom. The van der Waals surface area contributed by atoms with Gasteiger partial charge in [-0.05, 0) is 51.5 Å². The molecule has 1 atom stereocenters. The molecule has 34 heavy (non-hydrogen) atoms. The molecule has 0 bridgehead atoms. The van der Waals surface area contributed by atoms with Crippen molar-refractivity contribution in [3.63, 3.8) is 0 Å². The first-order chi connectivity index (χ1) is 16.3. The van der Waals surface area contributed by atoms with E-state index in [0.717, 1.165) is 72.0 Å². The van der Waals surface area contributed by atoms with Crippen LogP contribution in [0.3, 0.4) is 0 Å². The Morgan fingerprint density at radius 3 is 2.65 bits per heavy atom. The van der Waals surface area contributed by atoms with Crippen molar-refractivity contribution in [2.75, 3.05) is 24.5 Å². The molecule has 2 fully saturated rings. The molecular formula is C24H34N6O3S. The molecule has 3 heterocycles. The van der Waals surface area contributed by atoms with Crippen LogP contribution in [0.1, 0.15) is 61.1 Å². The van der Waals surface area contributed by atoms with Crippen LogP contribution < -0.4 is 21.3 Å². The number of amides is 2. The van der Waals surface area contributed by atoms with Crippen molar-refractivity contribution in [3.8, 4) is 11.4 Å². The summed E-state index contributed by atoms with van der Waals surface area (Å²) in [5.41, 5.74) is 9.72. The number of aryl methyl sites for hydroxylation is 1. The summed E-state index contributed by atoms with van der Waals surface area (Å²) in [7, 11) is 0. The van der Waals surface area contributed by atoms with Crippen LogP contribution in [-0.4, -0.2) is 59.3 Å². The van der Waals surface area contributed by atoms with E-state index in [1.807, 2.05) is 19.2 Å². The maximum atomic E-state index is 13.2. The number of nitrogens with two attached hydrogens (primary N) is 1. The number of carbonyl (C=O) groups excluding carboxylic acids is 3. The van der Waals surface area contributed by atoms with E-state index < -0.39 is 0 Å². The van der Waals surface area contributed by atoms with E-state index in [4.69, 9.17) is 10.7 Å². The number of thiazole rings is 1. The summed E-state index contributed by atoms with van der Waals surface area (Å²) < 4.78 is 0. The van der Waals surface area contributed by atoms with E-state index in [9.17, 15) is 14.4 Å². The topological polar surface area (TPSA) is 133 Å². The number of ketones is 1. The zero-order valence-electron chi connectivity index (χ0n) is 20.1. The van der Waals surface area contributed by atoms with Crippen molar-refractivity contribution >= 4 is 34.1 Å². The lowest BCUT2D eigenvalue weighted by Gasteiger charge is -2.36. The first kappa shape index (κ1) is 24.4. The SMILES string of the molecule is CCc1c(-c2csc(N3CCNCC3C(=O)NC3CCC(C(N)=O)CC3)n2)[nH]c(C)c1C(C)=O. The van der Waals surface area contributed by atoms with Crippen molar-refractivity contribution < 1.29 is 14.4 Å². The molecule has 1 saturated heterocycles. The summed E-state index contributed by atoms with van der Waals surface area (Å²) in [6, 6.07) is -0.289. The Balaban J connectivity index is 1.50. The molecule has 10 heteroatoms. The fourth-order valence-electron chi connectivity index (χ4n) is 5.22. The van der Waals surface area contributed by atoms with Gasteiger partial charge in [0.1, 0.15) is 11.7 Å². The number of primary amides is 1. The van der Waals surface area contributed by atoms with Crippen molar-refractivity contribution in [2.24, 2.45) is 11.7 Å². The second kappa shape index (κ2) is 10.3. The monoisotopic (exact) mass is 486 g/mol. The number of piperazine rings is 1. The smallest absolute Gasteiger partial charge is 0.244 e. The first-order valence-electron chi connectivity index (χ1n) is 12.0. The molecular weight excluding hydrogens is 452 g/mol. The molecule has 1 saturated carbocycles. The quantitative estimate of drug-likeness (QED) is 0.443. The van der Waals surface area contributed by atoms with Gasteiger partial charge in [-0.15, -0.1) is 11.3 Å². The molecule has 1 aliphatic heterocycles. The van der Waals surface area contributed by atoms with E-state index in [0.29, 0.717) is 13.1 Å². The normalized spacial score (nSPS) is 23.0. The van der Waals surface area contributed by atoms with Crippen LogP contribution in [0.25, 0.3) is 11.4 Å². The second-order valence-electron chi connectivity index (χ2n) is 9.28. The predicted molar refractivity (Wildman–Crippen MR) is 133 cm³/mol. The van der Waals surface area contributed by atoms with Crippen LogP contribution in [0.2, 0.25) is 0 Å². The van der Waals surface area contributed by atoms with Gasteiger partial charge in [-0.25, -0.2) is 4.98 Å². The van der Waals surface area contributed by atoms with Gasteiger partial charge in [0.2, 0.25) is 11.8 Å². The summed E-state index contributed by atoms with van der Waals surface area (Å²) in [6.45, 7) is 7.56. The fourth-order valence-corrected chi connectivity index (χ4v) is 6.12. The number of Topliss-reactive ketones (excluding diaryl/α,β-unsaturated/α-hetero) is 1. The van der Waals surface area contributed by atoms with E-state index in [-0.39, 0.29) is 35.6 Å². The van der Waals surface area contributed by atoms with Gasteiger partial charge in [0.15, 0.2) is 10.9 Å². The van der Waals surface area contributed by atoms with Crippen molar-refractivity contribution in [1.29, 1.82) is 0 Å². The Hall–Kier alpha value is -2.72. The van der Waals surface area contributed by atoms with Crippen molar-refractivity contribution in [2.45, 2.75) is 65.0 Å². The predicted octanol–water partition coefficient (Wildman–Crippen LogP) is 2.15. The summed E-state index contributed by atoms with van der Waals surface area (Å²) >= 11 is 1.52. The molecule has 2 aliphatic rings. The summed E-state index contributed by atoms with van der Waals surface area (Å²) in [5.74, 6) is -0.292. The minimum atomic E-state index is -0.356. The molecule has 2 amide bonds. The van der Waals surface area contributed by atoms with Gasteiger partial charge in [-0.1, -0.05) is 6.92 Å². The van der Waals surface area contributed by atoms with Crippen LogP contribution in [0.5, 0.6) is 0 Å². The number of carbonyl (C=O) groups is 3. The van der Waals surface area contributed by atoms with Crippen molar-refractivity contribution in [1.82, 2.24) is 20.6 Å². The minimum absolute atomic E-state index is 0.0182. The van der Waals surface area contributed by atoms with Crippen LogP contribution >= 0.6 is 11.3 Å². The molecule has 9 nitrogen and oxygen atoms in total. The molecule has 184 valence electrons. The maximum absolute atomic E-state index is 13.2. The lowest BCUT2D eigenvalue weighted by Crippen LogP contribution is -2.59. The number of rotatable bonds is 7. The molecule has 0 radical (unpaired) electrons. The molecule has 5 N–H and O–H groups in total. The third-order valence-corrected chi connectivity index (χ3v) is 7.89. The highest BCUT2D eigenvalue weighted by Crippen LogP contribution is 2.33. The van der Waals surface area contributed by atoms with E-state index in [2.05, 4.69) is 20.5 Å². The van der Waals surface area contributed by atoms with Gasteiger partial charge in [0, 0.05) is 48.2 Å². The van der Waals surface area contributed by atoms with Gasteiger partial charge in [-0.2, -0.15) is 0 Å². The number of anilines is 1. The van der Waals surface area contributed by atoms with Gasteiger partial charge in [-0.3, -0.25) is 14.4 Å². The number of H-pyrrole nitrogens is 1. The standard InChI is InChI=1S/C24H34N6O3S/c1-4-17-20(14(3)31)13(2)27-21(17)18-12-34-24(29-18)30-10-9-26-11-19(30)23(33)28-16-7-5-15(6-8-16)22(25)32/h12,15-16,19,26-27H,4-11H2,1-3H3,(H2,25,32)(H,28,33). The first-order valence-corrected chi connectivity index (χ1v) is 12.9. The third-order valence-electron chi connectivity index (χ3n) is 7.01. The Morgan fingerprint density at radius 2 is 2.00 bits per heavy atom. The Kier molecular flexibility index (Phi) is 7.37. The number of aromatic amines is 1. The highest BCUT2D eigenvalue weighted by molar-refractivity contribution is 7.14. The number of hydrogen-bond acceptors (Lipinski definition) is 7. The number of nitrogens with one attached hydrogen (secondary N) is 3. The fraction of sp³-hybridized carbons (Fsp3) is 0.583. The van der Waals surface area contributed by atoms with Gasteiger partial charge in [0.25, 0.3) is 0 Å². The van der Waals surface area contributed by atoms with Gasteiger partial charge < -0.3 is 26.3 Å². The zero-order chi connectivity index (χ0) is 24.4. The van der Waals surface area contributed by atoms with E-state index in [1.165, 1.54) is 11.3 Å². The van der Waals surface area contributed by atoms with Crippen LogP contribution in [0, 0.1) is 12.8 Å². The molecule has 1 aliphatic carbocycles. The average molecular weight is 487 g/mol. The second-order valence-corrected chi connectivity index (χ2v) is 10.1. The number of hydrogen-bond donors (Lipinski definition) is 4. The van der Waals surface area contributed by atoms with E-state index in [1.54, 1.807) is 6.92 Å². The Bertz CT molecular complexity index is 1070. The molecule has 2 aromatic heterocycles. The molecule has 0 spiro atoms. The Labute approximate surface area is 203 Å². The van der Waals surface area contributed by atoms with Gasteiger partial charge in [0.05, 0.1) is 5.69 Å². The number of aromatic nitrogens is 2. The summed E-state index contributed by atoms with van der Waals surface area (Å²) in [5, 5.41) is 9.30. The number of nitrogens with zero attached hydrogens (tertiary/aromatic N) is 2.